The molecular weight excluding hydrogens is 402 g/mol. The van der Waals surface area contributed by atoms with Crippen LogP contribution in [0.1, 0.15) is 5.69 Å². The van der Waals surface area contributed by atoms with Gasteiger partial charge in [-0.3, -0.25) is 0 Å². The number of fused-ring (bicyclic) bond motifs is 1. The second kappa shape index (κ2) is 7.80. The molecular formula is C19H16ClN3O2S2. The van der Waals surface area contributed by atoms with Gasteiger partial charge in [0, 0.05) is 16.2 Å². The molecule has 0 radical (unpaired) electrons. The number of benzene rings is 2. The van der Waals surface area contributed by atoms with Crippen LogP contribution in [-0.2, 0) is 5.75 Å². The maximum atomic E-state index is 6.03. The van der Waals surface area contributed by atoms with Crippen LogP contribution in [0.15, 0.2) is 46.9 Å². The molecule has 0 spiro atoms. The van der Waals surface area contributed by atoms with Crippen LogP contribution in [-0.4, -0.2) is 29.2 Å². The van der Waals surface area contributed by atoms with E-state index < -0.39 is 0 Å². The van der Waals surface area contributed by atoms with Crippen LogP contribution in [0.5, 0.6) is 11.5 Å². The molecule has 27 heavy (non-hydrogen) atoms. The van der Waals surface area contributed by atoms with Crippen molar-refractivity contribution in [2.75, 3.05) is 14.2 Å². The summed E-state index contributed by atoms with van der Waals surface area (Å²) in [6.45, 7) is 0. The molecule has 4 aromatic rings. The number of hydrogen-bond donors (Lipinski definition) is 1. The summed E-state index contributed by atoms with van der Waals surface area (Å²) in [6.07, 6.45) is 0. The summed E-state index contributed by atoms with van der Waals surface area (Å²) in [5, 5.41) is 4.50. The summed E-state index contributed by atoms with van der Waals surface area (Å²) in [5.41, 5.74) is 3.76. The average molecular weight is 418 g/mol. The van der Waals surface area contributed by atoms with E-state index in [4.69, 9.17) is 26.1 Å². The lowest BCUT2D eigenvalue weighted by Crippen LogP contribution is -1.93. The van der Waals surface area contributed by atoms with Gasteiger partial charge in [0.2, 0.25) is 0 Å². The zero-order valence-electron chi connectivity index (χ0n) is 14.7. The Morgan fingerprint density at radius 1 is 1.15 bits per heavy atom. The van der Waals surface area contributed by atoms with Crippen molar-refractivity contribution >= 4 is 45.7 Å². The third kappa shape index (κ3) is 3.76. The summed E-state index contributed by atoms with van der Waals surface area (Å²) in [6, 6.07) is 11.4. The lowest BCUT2D eigenvalue weighted by Gasteiger charge is -2.10. The Bertz CT molecular complexity index is 1090. The van der Waals surface area contributed by atoms with Gasteiger partial charge in [-0.05, 0) is 30.3 Å². The number of aromatic amines is 1. The molecule has 0 bridgehead atoms. The van der Waals surface area contributed by atoms with Crippen molar-refractivity contribution < 1.29 is 9.47 Å². The molecule has 5 nitrogen and oxygen atoms in total. The Hall–Kier alpha value is -2.22. The van der Waals surface area contributed by atoms with Crippen molar-refractivity contribution in [3.63, 3.8) is 0 Å². The number of ether oxygens (including phenoxy) is 2. The second-order valence-electron chi connectivity index (χ2n) is 5.68. The van der Waals surface area contributed by atoms with Crippen molar-refractivity contribution in [2.45, 2.75) is 10.9 Å². The van der Waals surface area contributed by atoms with E-state index in [0.717, 1.165) is 38.2 Å². The van der Waals surface area contributed by atoms with Crippen LogP contribution < -0.4 is 9.47 Å². The number of imidazole rings is 1. The third-order valence-corrected chi connectivity index (χ3v) is 6.03. The van der Waals surface area contributed by atoms with E-state index >= 15 is 0 Å². The number of para-hydroxylation sites is 1. The van der Waals surface area contributed by atoms with Crippen LogP contribution in [0.3, 0.4) is 0 Å². The molecule has 0 saturated carbocycles. The monoisotopic (exact) mass is 417 g/mol. The summed E-state index contributed by atoms with van der Waals surface area (Å²) in [4.78, 5) is 12.6. The Balaban J connectivity index is 1.53. The van der Waals surface area contributed by atoms with Gasteiger partial charge in [0.05, 0.1) is 36.5 Å². The van der Waals surface area contributed by atoms with Crippen molar-refractivity contribution in [1.29, 1.82) is 0 Å². The molecule has 0 amide bonds. The Labute approximate surface area is 169 Å². The highest BCUT2D eigenvalue weighted by atomic mass is 35.5. The summed E-state index contributed by atoms with van der Waals surface area (Å²) >= 11 is 9.22. The Morgan fingerprint density at radius 3 is 2.85 bits per heavy atom. The van der Waals surface area contributed by atoms with Gasteiger partial charge >= 0.3 is 0 Å². The fraction of sp³-hybridized carbons (Fsp3) is 0.158. The number of thioether (sulfide) groups is 1. The van der Waals surface area contributed by atoms with E-state index in [0.29, 0.717) is 16.5 Å². The van der Waals surface area contributed by atoms with Gasteiger partial charge < -0.3 is 14.5 Å². The highest BCUT2D eigenvalue weighted by Gasteiger charge is 2.15. The van der Waals surface area contributed by atoms with Gasteiger partial charge in [-0.1, -0.05) is 29.4 Å². The predicted molar refractivity (Wildman–Crippen MR) is 111 cm³/mol. The number of methoxy groups -OCH3 is 2. The topological polar surface area (TPSA) is 60.0 Å². The number of rotatable bonds is 6. The van der Waals surface area contributed by atoms with Crippen molar-refractivity contribution in [3.05, 3.63) is 52.5 Å². The van der Waals surface area contributed by atoms with Gasteiger partial charge in [-0.15, -0.1) is 11.3 Å². The molecule has 2 aromatic carbocycles. The first-order chi connectivity index (χ1) is 13.2. The lowest BCUT2D eigenvalue weighted by atomic mass is 10.2. The second-order valence-corrected chi connectivity index (χ2v) is 7.94. The van der Waals surface area contributed by atoms with E-state index in [2.05, 4.69) is 15.3 Å². The number of thiazole rings is 1. The zero-order chi connectivity index (χ0) is 18.8. The molecule has 0 unspecified atom stereocenters. The first-order valence-electron chi connectivity index (χ1n) is 8.12. The summed E-state index contributed by atoms with van der Waals surface area (Å²) < 4.78 is 10.9. The van der Waals surface area contributed by atoms with Crippen LogP contribution in [0, 0.1) is 0 Å². The fourth-order valence-corrected chi connectivity index (χ4v) is 4.62. The minimum absolute atomic E-state index is 0.694. The van der Waals surface area contributed by atoms with Gasteiger partial charge in [-0.25, -0.2) is 9.97 Å². The molecule has 0 aliphatic rings. The number of aromatic nitrogens is 3. The van der Waals surface area contributed by atoms with E-state index in [1.807, 2.05) is 36.4 Å². The molecule has 0 saturated heterocycles. The Morgan fingerprint density at radius 2 is 2.04 bits per heavy atom. The fourth-order valence-electron chi connectivity index (χ4n) is 2.72. The first-order valence-corrected chi connectivity index (χ1v) is 10.4. The van der Waals surface area contributed by atoms with Crippen LogP contribution in [0.2, 0.25) is 5.02 Å². The SMILES string of the molecule is COc1cccc(-c2nc(CSc3nc4ccc(Cl)cc4[nH]3)cs2)c1OC. The molecule has 0 aliphatic heterocycles. The molecule has 8 heteroatoms. The van der Waals surface area contributed by atoms with Crippen molar-refractivity contribution in [1.82, 2.24) is 15.0 Å². The smallest absolute Gasteiger partial charge is 0.170 e. The predicted octanol–water partition coefficient (Wildman–Crippen LogP) is 5.65. The van der Waals surface area contributed by atoms with Gasteiger partial charge in [0.15, 0.2) is 16.7 Å². The quantitative estimate of drug-likeness (QED) is 0.411. The molecule has 4 rings (SSSR count). The standard InChI is InChI=1S/C19H16ClN3O2S2/c1-24-16-5-3-4-13(17(16)25-2)18-21-12(9-26-18)10-27-19-22-14-7-6-11(20)8-15(14)23-19/h3-9H,10H2,1-2H3,(H,22,23). The van der Waals surface area contributed by atoms with Gasteiger partial charge in [-0.2, -0.15) is 0 Å². The van der Waals surface area contributed by atoms with Gasteiger partial charge in [0.1, 0.15) is 5.01 Å². The van der Waals surface area contributed by atoms with Gasteiger partial charge in [0.25, 0.3) is 0 Å². The molecule has 2 aromatic heterocycles. The number of halogens is 1. The highest BCUT2D eigenvalue weighted by Crippen LogP contribution is 2.39. The first kappa shape index (κ1) is 18.2. The largest absolute Gasteiger partial charge is 0.493 e. The maximum absolute atomic E-state index is 6.03. The van der Waals surface area contributed by atoms with Crippen molar-refractivity contribution in [3.8, 4) is 22.1 Å². The van der Waals surface area contributed by atoms with Crippen LogP contribution >= 0.6 is 34.7 Å². The van der Waals surface area contributed by atoms with E-state index in [9.17, 15) is 0 Å². The van der Waals surface area contributed by atoms with E-state index in [-0.39, 0.29) is 0 Å². The maximum Gasteiger partial charge on any atom is 0.170 e. The minimum atomic E-state index is 0.694. The molecule has 138 valence electrons. The number of nitrogens with zero attached hydrogens (tertiary/aromatic N) is 2. The van der Waals surface area contributed by atoms with Crippen LogP contribution in [0.4, 0.5) is 0 Å². The Kier molecular flexibility index (Phi) is 5.24. The minimum Gasteiger partial charge on any atom is -0.493 e. The summed E-state index contributed by atoms with van der Waals surface area (Å²) in [5.74, 6) is 2.11. The van der Waals surface area contributed by atoms with E-state index in [1.165, 1.54) is 0 Å². The highest BCUT2D eigenvalue weighted by molar-refractivity contribution is 7.98. The van der Waals surface area contributed by atoms with Crippen molar-refractivity contribution in [2.24, 2.45) is 0 Å². The molecule has 2 heterocycles. The average Bonchev–Trinajstić information content (AvgIpc) is 3.31. The third-order valence-electron chi connectivity index (χ3n) is 3.96. The van der Waals surface area contributed by atoms with Crippen LogP contribution in [0.25, 0.3) is 21.6 Å². The van der Waals surface area contributed by atoms with E-state index in [1.54, 1.807) is 37.3 Å². The zero-order valence-corrected chi connectivity index (χ0v) is 17.0. The molecule has 0 atom stereocenters. The number of H-pyrrole nitrogens is 1. The number of hydrogen-bond acceptors (Lipinski definition) is 6. The lowest BCUT2D eigenvalue weighted by molar-refractivity contribution is 0.356. The molecule has 0 fully saturated rings. The number of nitrogens with one attached hydrogen (secondary N) is 1. The molecule has 0 aliphatic carbocycles. The normalized spacial score (nSPS) is 11.1. The molecule has 1 N–H and O–H groups in total. The summed E-state index contributed by atoms with van der Waals surface area (Å²) in [7, 11) is 3.27.